The fourth-order valence-electron chi connectivity index (χ4n) is 5.23. The van der Waals surface area contributed by atoms with Crippen LogP contribution in [0, 0.1) is 0 Å². The third-order valence-corrected chi connectivity index (χ3v) is 6.96. The molecule has 3 fully saturated rings. The Labute approximate surface area is 192 Å². The number of nitrogens with zero attached hydrogens (tertiary/aromatic N) is 3. The van der Waals surface area contributed by atoms with Crippen molar-refractivity contribution in [1.29, 1.82) is 0 Å². The minimum absolute atomic E-state index is 0.0493. The monoisotopic (exact) mass is 448 g/mol. The van der Waals surface area contributed by atoms with Crippen molar-refractivity contribution in [3.05, 3.63) is 41.6 Å². The van der Waals surface area contributed by atoms with E-state index in [9.17, 15) is 19.2 Å². The number of piperidine rings is 1. The van der Waals surface area contributed by atoms with E-state index < -0.39 is 17.8 Å². The van der Waals surface area contributed by atoms with Crippen LogP contribution in [0.2, 0.25) is 0 Å². The second-order valence-corrected chi connectivity index (χ2v) is 9.10. The van der Waals surface area contributed by atoms with Gasteiger partial charge < -0.3 is 9.47 Å². The SMILES string of the molecule is O=C1NC(=O)N(C2CCCC2)C(=O)C1=Cc1cn(CC(=O)N2CCCCC2)c2ccccc12. The van der Waals surface area contributed by atoms with Crippen LogP contribution < -0.4 is 5.32 Å². The van der Waals surface area contributed by atoms with Crippen molar-refractivity contribution in [2.45, 2.75) is 57.5 Å². The van der Waals surface area contributed by atoms with E-state index in [1.807, 2.05) is 39.9 Å². The Morgan fingerprint density at radius 2 is 1.73 bits per heavy atom. The van der Waals surface area contributed by atoms with Crippen molar-refractivity contribution in [3.63, 3.8) is 0 Å². The van der Waals surface area contributed by atoms with E-state index in [1.165, 1.54) is 4.90 Å². The number of nitrogens with one attached hydrogen (secondary N) is 1. The first-order valence-electron chi connectivity index (χ1n) is 11.8. The molecule has 2 saturated heterocycles. The largest absolute Gasteiger partial charge is 0.341 e. The number of benzene rings is 1. The fourth-order valence-corrected chi connectivity index (χ4v) is 5.23. The minimum atomic E-state index is -0.680. The van der Waals surface area contributed by atoms with Crippen LogP contribution in [0.25, 0.3) is 17.0 Å². The third kappa shape index (κ3) is 4.05. The normalized spacial score (nSPS) is 21.3. The summed E-state index contributed by atoms with van der Waals surface area (Å²) in [5.41, 5.74) is 1.49. The zero-order chi connectivity index (χ0) is 22.9. The van der Waals surface area contributed by atoms with Gasteiger partial charge in [0.1, 0.15) is 12.1 Å². The molecule has 0 radical (unpaired) electrons. The molecule has 1 aromatic carbocycles. The molecule has 5 amide bonds. The number of imide groups is 2. The molecule has 0 atom stereocenters. The van der Waals surface area contributed by atoms with Gasteiger partial charge >= 0.3 is 6.03 Å². The predicted molar refractivity (Wildman–Crippen MR) is 123 cm³/mol. The van der Waals surface area contributed by atoms with E-state index in [0.29, 0.717) is 5.56 Å². The van der Waals surface area contributed by atoms with Crippen LogP contribution in [0.3, 0.4) is 0 Å². The van der Waals surface area contributed by atoms with Crippen molar-refractivity contribution >= 4 is 40.7 Å². The summed E-state index contributed by atoms with van der Waals surface area (Å²) < 4.78 is 1.88. The van der Waals surface area contributed by atoms with Crippen LogP contribution in [-0.4, -0.2) is 57.3 Å². The van der Waals surface area contributed by atoms with Gasteiger partial charge in [0, 0.05) is 41.8 Å². The van der Waals surface area contributed by atoms with E-state index in [2.05, 4.69) is 5.32 Å². The molecule has 1 saturated carbocycles. The van der Waals surface area contributed by atoms with E-state index in [4.69, 9.17) is 0 Å². The zero-order valence-electron chi connectivity index (χ0n) is 18.6. The third-order valence-electron chi connectivity index (χ3n) is 6.96. The molecule has 0 bridgehead atoms. The van der Waals surface area contributed by atoms with Crippen molar-refractivity contribution in [2.75, 3.05) is 13.1 Å². The standard InChI is InChI=1S/C25H28N4O4/c30-22(27-12-6-1-7-13-27)16-28-15-17(19-10-4-5-11-21(19)28)14-20-23(31)26-25(33)29(24(20)32)18-8-2-3-9-18/h4-5,10-11,14-15,18H,1-3,6-9,12-13,16H2,(H,26,31,33). The number of rotatable bonds is 4. The van der Waals surface area contributed by atoms with Crippen LogP contribution in [0.5, 0.6) is 0 Å². The van der Waals surface area contributed by atoms with E-state index in [0.717, 1.165) is 68.9 Å². The predicted octanol–water partition coefficient (Wildman–Crippen LogP) is 3.06. The Morgan fingerprint density at radius 1 is 1.00 bits per heavy atom. The van der Waals surface area contributed by atoms with Crippen LogP contribution in [0.15, 0.2) is 36.0 Å². The van der Waals surface area contributed by atoms with Gasteiger partial charge in [0.25, 0.3) is 11.8 Å². The maximum absolute atomic E-state index is 13.2. The van der Waals surface area contributed by atoms with Gasteiger partial charge in [-0.3, -0.25) is 24.6 Å². The number of barbiturate groups is 1. The molecule has 1 aromatic heterocycles. The number of fused-ring (bicyclic) bond motifs is 1. The summed E-state index contributed by atoms with van der Waals surface area (Å²) >= 11 is 0. The summed E-state index contributed by atoms with van der Waals surface area (Å²) in [6, 6.07) is 6.83. The summed E-state index contributed by atoms with van der Waals surface area (Å²) in [6.45, 7) is 1.78. The lowest BCUT2D eigenvalue weighted by atomic mass is 10.0. The van der Waals surface area contributed by atoms with Gasteiger partial charge in [0.15, 0.2) is 0 Å². The smallest absolute Gasteiger partial charge is 0.331 e. The van der Waals surface area contributed by atoms with Crippen LogP contribution in [0.1, 0.15) is 50.5 Å². The first-order valence-corrected chi connectivity index (χ1v) is 11.8. The van der Waals surface area contributed by atoms with Crippen LogP contribution in [0.4, 0.5) is 4.79 Å². The average Bonchev–Trinajstić information content (AvgIpc) is 3.46. The Balaban J connectivity index is 1.48. The molecule has 172 valence electrons. The number of para-hydroxylation sites is 1. The van der Waals surface area contributed by atoms with Crippen molar-refractivity contribution in [2.24, 2.45) is 0 Å². The van der Waals surface area contributed by atoms with Gasteiger partial charge in [0.05, 0.1) is 0 Å². The summed E-state index contributed by atoms with van der Waals surface area (Å²) in [4.78, 5) is 54.1. The molecule has 5 rings (SSSR count). The lowest BCUT2D eigenvalue weighted by Crippen LogP contribution is -2.57. The number of aromatic nitrogens is 1. The van der Waals surface area contributed by atoms with E-state index >= 15 is 0 Å². The molecule has 0 unspecified atom stereocenters. The fraction of sp³-hybridized carbons (Fsp3) is 0.440. The molecule has 2 aliphatic heterocycles. The highest BCUT2D eigenvalue weighted by Gasteiger charge is 2.40. The molecule has 3 aliphatic rings. The van der Waals surface area contributed by atoms with Gasteiger partial charge in [-0.25, -0.2) is 4.79 Å². The van der Waals surface area contributed by atoms with E-state index in [1.54, 1.807) is 6.08 Å². The maximum Gasteiger partial charge on any atom is 0.331 e. The molecule has 2 aromatic rings. The van der Waals surface area contributed by atoms with E-state index in [-0.39, 0.29) is 24.1 Å². The highest BCUT2D eigenvalue weighted by Crippen LogP contribution is 2.29. The van der Waals surface area contributed by atoms with Gasteiger partial charge in [-0.15, -0.1) is 0 Å². The zero-order valence-corrected chi connectivity index (χ0v) is 18.6. The number of hydrogen-bond acceptors (Lipinski definition) is 4. The molecule has 1 N–H and O–H groups in total. The number of hydrogen-bond donors (Lipinski definition) is 1. The summed E-state index contributed by atoms with van der Waals surface area (Å²) in [6.07, 6.45) is 10.0. The molecule has 33 heavy (non-hydrogen) atoms. The Morgan fingerprint density at radius 3 is 2.48 bits per heavy atom. The van der Waals surface area contributed by atoms with Gasteiger partial charge in [0.2, 0.25) is 5.91 Å². The Kier molecular flexibility index (Phi) is 5.74. The van der Waals surface area contributed by atoms with Crippen LogP contribution in [-0.2, 0) is 20.9 Å². The molecule has 1 aliphatic carbocycles. The first-order chi connectivity index (χ1) is 16.0. The molecule has 8 heteroatoms. The van der Waals surface area contributed by atoms with Gasteiger partial charge in [-0.2, -0.15) is 0 Å². The highest BCUT2D eigenvalue weighted by atomic mass is 16.2. The number of carbonyl (C=O) groups is 4. The molecule has 8 nitrogen and oxygen atoms in total. The highest BCUT2D eigenvalue weighted by molar-refractivity contribution is 6.31. The molecular weight excluding hydrogens is 420 g/mol. The van der Waals surface area contributed by atoms with Crippen molar-refractivity contribution in [1.82, 2.24) is 19.7 Å². The first kappa shape index (κ1) is 21.4. The number of carbonyl (C=O) groups excluding carboxylic acids is 4. The van der Waals surface area contributed by atoms with Crippen LogP contribution >= 0.6 is 0 Å². The lowest BCUT2D eigenvalue weighted by molar-refractivity contribution is -0.133. The number of amides is 5. The number of urea groups is 1. The second-order valence-electron chi connectivity index (χ2n) is 9.10. The summed E-state index contributed by atoms with van der Waals surface area (Å²) in [7, 11) is 0. The topological polar surface area (TPSA) is 91.7 Å². The molecule has 0 spiro atoms. The lowest BCUT2D eigenvalue weighted by Gasteiger charge is -2.31. The minimum Gasteiger partial charge on any atom is -0.341 e. The Hall–Kier alpha value is -3.42. The van der Waals surface area contributed by atoms with Gasteiger partial charge in [-0.1, -0.05) is 31.0 Å². The summed E-state index contributed by atoms with van der Waals surface area (Å²) in [5.74, 6) is -1.16. The quantitative estimate of drug-likeness (QED) is 0.575. The maximum atomic E-state index is 13.2. The number of likely N-dealkylation sites (tertiary alicyclic amines) is 1. The molecular formula is C25H28N4O4. The Bertz CT molecular complexity index is 1150. The van der Waals surface area contributed by atoms with Crippen molar-refractivity contribution < 1.29 is 19.2 Å². The average molecular weight is 449 g/mol. The second kappa shape index (κ2) is 8.84. The van der Waals surface area contributed by atoms with Crippen molar-refractivity contribution in [3.8, 4) is 0 Å². The van der Waals surface area contributed by atoms with Gasteiger partial charge in [-0.05, 0) is 44.2 Å². The molecule has 3 heterocycles. The summed E-state index contributed by atoms with van der Waals surface area (Å²) in [5, 5.41) is 3.18.